The Hall–Kier alpha value is -1.32. The second-order valence-electron chi connectivity index (χ2n) is 5.06. The fraction of sp³-hybridized carbons (Fsp3) is 0.714. The van der Waals surface area contributed by atoms with E-state index in [2.05, 4.69) is 0 Å². The van der Waals surface area contributed by atoms with Gasteiger partial charge in [0, 0.05) is 18.7 Å². The van der Waals surface area contributed by atoms with E-state index in [9.17, 15) is 14.7 Å². The summed E-state index contributed by atoms with van der Waals surface area (Å²) in [6.07, 6.45) is 4.72. The van der Waals surface area contributed by atoms with E-state index in [1.54, 1.807) is 11.8 Å². The van der Waals surface area contributed by atoms with Crippen molar-refractivity contribution in [1.29, 1.82) is 0 Å². The summed E-state index contributed by atoms with van der Waals surface area (Å²) in [6.45, 7) is 6.68. The Kier molecular flexibility index (Phi) is 4.93. The molecule has 0 aliphatic carbocycles. The summed E-state index contributed by atoms with van der Waals surface area (Å²) < 4.78 is 0. The SMILES string of the molecule is CCC=C(C)C(=O)N1CCCC(CC)(C(=O)O)C1. The van der Waals surface area contributed by atoms with Crippen LogP contribution < -0.4 is 0 Å². The molecule has 0 radical (unpaired) electrons. The summed E-state index contributed by atoms with van der Waals surface area (Å²) in [5, 5.41) is 9.38. The van der Waals surface area contributed by atoms with E-state index in [0.29, 0.717) is 25.9 Å². The lowest BCUT2D eigenvalue weighted by atomic mass is 9.77. The Morgan fingerprint density at radius 3 is 2.56 bits per heavy atom. The lowest BCUT2D eigenvalue weighted by molar-refractivity contribution is -0.154. The molecule has 1 fully saturated rings. The van der Waals surface area contributed by atoms with Crippen LogP contribution in [0.2, 0.25) is 0 Å². The molecule has 1 aliphatic heterocycles. The van der Waals surface area contributed by atoms with Crippen LogP contribution in [-0.2, 0) is 9.59 Å². The summed E-state index contributed by atoms with van der Waals surface area (Å²) in [4.78, 5) is 25.3. The van der Waals surface area contributed by atoms with Crippen molar-refractivity contribution < 1.29 is 14.7 Å². The standard InChI is InChI=1S/C14H23NO3/c1-4-7-11(3)12(16)15-9-6-8-14(5-2,10-15)13(17)18/h7H,4-6,8-10H2,1-3H3,(H,17,18). The highest BCUT2D eigenvalue weighted by atomic mass is 16.4. The molecular formula is C14H23NO3. The molecule has 18 heavy (non-hydrogen) atoms. The van der Waals surface area contributed by atoms with Crippen LogP contribution in [0.25, 0.3) is 0 Å². The van der Waals surface area contributed by atoms with Gasteiger partial charge < -0.3 is 10.0 Å². The maximum Gasteiger partial charge on any atom is 0.311 e. The first-order valence-electron chi connectivity index (χ1n) is 6.66. The molecule has 1 N–H and O–H groups in total. The van der Waals surface area contributed by atoms with Gasteiger partial charge in [-0.3, -0.25) is 9.59 Å². The number of hydrogen-bond acceptors (Lipinski definition) is 2. The van der Waals surface area contributed by atoms with E-state index in [4.69, 9.17) is 0 Å². The average molecular weight is 253 g/mol. The molecular weight excluding hydrogens is 230 g/mol. The Balaban J connectivity index is 2.84. The highest BCUT2D eigenvalue weighted by molar-refractivity contribution is 5.93. The zero-order valence-electron chi connectivity index (χ0n) is 11.5. The first-order chi connectivity index (χ1) is 8.46. The molecule has 4 nitrogen and oxygen atoms in total. The average Bonchev–Trinajstić information content (AvgIpc) is 2.37. The summed E-state index contributed by atoms with van der Waals surface area (Å²) in [5.74, 6) is -0.796. The van der Waals surface area contributed by atoms with Crippen molar-refractivity contribution in [3.05, 3.63) is 11.6 Å². The first-order valence-corrected chi connectivity index (χ1v) is 6.66. The Labute approximate surface area is 109 Å². The molecule has 1 atom stereocenters. The number of allylic oxidation sites excluding steroid dienone is 1. The number of carbonyl (C=O) groups excluding carboxylic acids is 1. The molecule has 0 aromatic rings. The summed E-state index contributed by atoms with van der Waals surface area (Å²) >= 11 is 0. The Morgan fingerprint density at radius 2 is 2.06 bits per heavy atom. The molecule has 1 unspecified atom stereocenters. The van der Waals surface area contributed by atoms with Crippen LogP contribution >= 0.6 is 0 Å². The number of carboxylic acid groups (broad SMARTS) is 1. The number of aliphatic carboxylic acids is 1. The molecule has 0 aromatic carbocycles. The van der Waals surface area contributed by atoms with Gasteiger partial charge in [0.25, 0.3) is 0 Å². The molecule has 102 valence electrons. The van der Waals surface area contributed by atoms with Gasteiger partial charge in [0.15, 0.2) is 0 Å². The zero-order chi connectivity index (χ0) is 13.8. The maximum absolute atomic E-state index is 12.2. The summed E-state index contributed by atoms with van der Waals surface area (Å²) in [6, 6.07) is 0. The number of carboxylic acids is 1. The van der Waals surface area contributed by atoms with E-state index in [1.165, 1.54) is 0 Å². The normalized spacial score (nSPS) is 25.1. The van der Waals surface area contributed by atoms with Crippen molar-refractivity contribution in [3.8, 4) is 0 Å². The molecule has 1 saturated heterocycles. The number of piperidine rings is 1. The monoisotopic (exact) mass is 253 g/mol. The molecule has 0 spiro atoms. The molecule has 1 heterocycles. The molecule has 1 amide bonds. The highest BCUT2D eigenvalue weighted by Crippen LogP contribution is 2.34. The van der Waals surface area contributed by atoms with Gasteiger partial charge in [0.05, 0.1) is 5.41 Å². The number of likely N-dealkylation sites (tertiary alicyclic amines) is 1. The van der Waals surface area contributed by atoms with Gasteiger partial charge in [0.2, 0.25) is 5.91 Å². The van der Waals surface area contributed by atoms with Gasteiger partial charge >= 0.3 is 5.97 Å². The fourth-order valence-electron chi connectivity index (χ4n) is 2.56. The van der Waals surface area contributed by atoms with Crippen LogP contribution in [0, 0.1) is 5.41 Å². The van der Waals surface area contributed by atoms with E-state index in [-0.39, 0.29) is 5.91 Å². The third kappa shape index (κ3) is 2.92. The molecule has 1 aliphatic rings. The van der Waals surface area contributed by atoms with Crippen molar-refractivity contribution in [2.45, 2.75) is 46.5 Å². The topological polar surface area (TPSA) is 57.6 Å². The van der Waals surface area contributed by atoms with Gasteiger partial charge in [-0.1, -0.05) is 19.9 Å². The van der Waals surface area contributed by atoms with Crippen LogP contribution in [0.5, 0.6) is 0 Å². The number of amides is 1. The van der Waals surface area contributed by atoms with Crippen LogP contribution in [0.4, 0.5) is 0 Å². The van der Waals surface area contributed by atoms with E-state index in [0.717, 1.165) is 18.4 Å². The van der Waals surface area contributed by atoms with Crippen LogP contribution in [0.1, 0.15) is 46.5 Å². The predicted octanol–water partition coefficient (Wildman–Crippen LogP) is 2.45. The lowest BCUT2D eigenvalue weighted by Gasteiger charge is -2.39. The van der Waals surface area contributed by atoms with Crippen molar-refractivity contribution >= 4 is 11.9 Å². The van der Waals surface area contributed by atoms with Gasteiger partial charge in [-0.25, -0.2) is 0 Å². The summed E-state index contributed by atoms with van der Waals surface area (Å²) in [5.41, 5.74) is -0.0322. The van der Waals surface area contributed by atoms with Crippen LogP contribution in [0.3, 0.4) is 0 Å². The van der Waals surface area contributed by atoms with Gasteiger partial charge in [-0.05, 0) is 32.6 Å². The zero-order valence-corrected chi connectivity index (χ0v) is 11.5. The minimum Gasteiger partial charge on any atom is -0.481 e. The number of carbonyl (C=O) groups is 2. The third-order valence-corrected chi connectivity index (χ3v) is 3.84. The predicted molar refractivity (Wildman–Crippen MR) is 70.2 cm³/mol. The van der Waals surface area contributed by atoms with E-state index < -0.39 is 11.4 Å². The second-order valence-corrected chi connectivity index (χ2v) is 5.06. The minimum absolute atomic E-state index is 0.0179. The number of rotatable bonds is 4. The van der Waals surface area contributed by atoms with E-state index in [1.807, 2.05) is 19.9 Å². The maximum atomic E-state index is 12.2. The van der Waals surface area contributed by atoms with E-state index >= 15 is 0 Å². The van der Waals surface area contributed by atoms with Crippen molar-refractivity contribution in [2.24, 2.45) is 5.41 Å². The molecule has 0 aromatic heterocycles. The fourth-order valence-corrected chi connectivity index (χ4v) is 2.56. The minimum atomic E-state index is -0.778. The van der Waals surface area contributed by atoms with Gasteiger partial charge in [-0.2, -0.15) is 0 Å². The quantitative estimate of drug-likeness (QED) is 0.783. The smallest absolute Gasteiger partial charge is 0.311 e. The third-order valence-electron chi connectivity index (χ3n) is 3.84. The molecule has 4 heteroatoms. The van der Waals surface area contributed by atoms with Crippen molar-refractivity contribution in [3.63, 3.8) is 0 Å². The highest BCUT2D eigenvalue weighted by Gasteiger charge is 2.42. The van der Waals surface area contributed by atoms with Gasteiger partial charge in [0.1, 0.15) is 0 Å². The first kappa shape index (κ1) is 14.7. The number of nitrogens with zero attached hydrogens (tertiary/aromatic N) is 1. The van der Waals surface area contributed by atoms with Gasteiger partial charge in [-0.15, -0.1) is 0 Å². The number of hydrogen-bond donors (Lipinski definition) is 1. The van der Waals surface area contributed by atoms with Crippen LogP contribution in [0.15, 0.2) is 11.6 Å². The molecule has 0 bridgehead atoms. The largest absolute Gasteiger partial charge is 0.481 e. The lowest BCUT2D eigenvalue weighted by Crippen LogP contribution is -2.49. The summed E-state index contributed by atoms with van der Waals surface area (Å²) in [7, 11) is 0. The van der Waals surface area contributed by atoms with Crippen LogP contribution in [-0.4, -0.2) is 35.0 Å². The van der Waals surface area contributed by atoms with Crippen molar-refractivity contribution in [2.75, 3.05) is 13.1 Å². The molecule has 0 saturated carbocycles. The Morgan fingerprint density at radius 1 is 1.39 bits per heavy atom. The Bertz CT molecular complexity index is 362. The second kappa shape index (κ2) is 6.03. The van der Waals surface area contributed by atoms with Crippen molar-refractivity contribution in [1.82, 2.24) is 4.90 Å². The molecule has 1 rings (SSSR count).